The van der Waals surface area contributed by atoms with Crippen LogP contribution >= 0.6 is 0 Å². The molecule has 21 heavy (non-hydrogen) atoms. The van der Waals surface area contributed by atoms with Gasteiger partial charge in [-0.1, -0.05) is 37.3 Å². The highest BCUT2D eigenvalue weighted by molar-refractivity contribution is 5.80. The topological polar surface area (TPSA) is 20.3 Å². The van der Waals surface area contributed by atoms with Crippen molar-refractivity contribution in [3.05, 3.63) is 35.9 Å². The summed E-state index contributed by atoms with van der Waals surface area (Å²) in [5.74, 6) is 0.469. The highest BCUT2D eigenvalue weighted by Gasteiger charge is 2.47. The van der Waals surface area contributed by atoms with Crippen LogP contribution in [0.25, 0.3) is 0 Å². The van der Waals surface area contributed by atoms with Gasteiger partial charge in [-0.15, -0.1) is 0 Å². The number of carbonyl (C=O) groups is 1. The molecular formula is C19H27NO. The van der Waals surface area contributed by atoms with E-state index < -0.39 is 0 Å². The van der Waals surface area contributed by atoms with Gasteiger partial charge in [-0.3, -0.25) is 9.69 Å². The first-order valence-corrected chi connectivity index (χ1v) is 8.49. The highest BCUT2D eigenvalue weighted by Crippen LogP contribution is 2.49. The number of ketones is 1. The summed E-state index contributed by atoms with van der Waals surface area (Å²) in [6, 6.07) is 11.6. The molecule has 0 N–H and O–H groups in total. The van der Waals surface area contributed by atoms with Gasteiger partial charge in [-0.05, 0) is 50.1 Å². The van der Waals surface area contributed by atoms with Gasteiger partial charge in [-0.2, -0.15) is 0 Å². The summed E-state index contributed by atoms with van der Waals surface area (Å²) in [7, 11) is 0. The quantitative estimate of drug-likeness (QED) is 0.822. The Kier molecular flexibility index (Phi) is 4.17. The Morgan fingerprint density at radius 3 is 2.76 bits per heavy atom. The SMILES string of the molecule is CC[C@@]12CCCN([C@@H](C)c3ccccc3)[C@@H]1CC(=O)CC2. The smallest absolute Gasteiger partial charge is 0.134 e. The predicted octanol–water partition coefficient (Wildman–Crippen LogP) is 4.36. The molecule has 1 saturated heterocycles. The lowest BCUT2D eigenvalue weighted by Crippen LogP contribution is -2.55. The van der Waals surface area contributed by atoms with Crippen LogP contribution < -0.4 is 0 Å². The number of Topliss-reactive ketones (excluding diaryl/α,β-unsaturated/α-hetero) is 1. The fourth-order valence-corrected chi connectivity index (χ4v) is 4.60. The number of likely N-dealkylation sites (tertiary alicyclic amines) is 1. The zero-order valence-electron chi connectivity index (χ0n) is 13.3. The Hall–Kier alpha value is -1.15. The number of rotatable bonds is 3. The number of hydrogen-bond donors (Lipinski definition) is 0. The minimum absolute atomic E-state index is 0.384. The molecule has 3 atom stereocenters. The first-order valence-electron chi connectivity index (χ1n) is 8.49. The molecule has 2 fully saturated rings. The molecule has 2 heteroatoms. The molecule has 2 nitrogen and oxygen atoms in total. The number of benzene rings is 1. The van der Waals surface area contributed by atoms with Crippen molar-refractivity contribution in [1.82, 2.24) is 4.90 Å². The minimum Gasteiger partial charge on any atom is -0.300 e. The summed E-state index contributed by atoms with van der Waals surface area (Å²) in [4.78, 5) is 14.7. The first-order chi connectivity index (χ1) is 10.2. The van der Waals surface area contributed by atoms with Gasteiger partial charge in [-0.25, -0.2) is 0 Å². The van der Waals surface area contributed by atoms with Crippen molar-refractivity contribution in [2.24, 2.45) is 5.41 Å². The lowest BCUT2D eigenvalue weighted by molar-refractivity contribution is -0.130. The van der Waals surface area contributed by atoms with Crippen LogP contribution in [0, 0.1) is 5.41 Å². The molecule has 0 amide bonds. The van der Waals surface area contributed by atoms with E-state index in [1.807, 2.05) is 0 Å². The van der Waals surface area contributed by atoms with E-state index in [4.69, 9.17) is 0 Å². The fourth-order valence-electron chi connectivity index (χ4n) is 4.60. The van der Waals surface area contributed by atoms with Gasteiger partial charge >= 0.3 is 0 Å². The summed E-state index contributed by atoms with van der Waals surface area (Å²) >= 11 is 0. The molecule has 2 aliphatic rings. The Balaban J connectivity index is 1.88. The van der Waals surface area contributed by atoms with Gasteiger partial charge in [0.1, 0.15) is 5.78 Å². The second kappa shape index (κ2) is 5.92. The van der Waals surface area contributed by atoms with Crippen molar-refractivity contribution < 1.29 is 4.79 Å². The maximum Gasteiger partial charge on any atom is 0.134 e. The maximum atomic E-state index is 12.1. The van der Waals surface area contributed by atoms with Crippen molar-refractivity contribution in [3.63, 3.8) is 0 Å². The molecule has 3 rings (SSSR count). The van der Waals surface area contributed by atoms with Gasteiger partial charge in [0.05, 0.1) is 0 Å². The van der Waals surface area contributed by atoms with Crippen molar-refractivity contribution in [1.29, 1.82) is 0 Å². The summed E-state index contributed by atoms with van der Waals surface area (Å²) in [5.41, 5.74) is 1.76. The van der Waals surface area contributed by atoms with Crippen LogP contribution in [0.15, 0.2) is 30.3 Å². The maximum absolute atomic E-state index is 12.1. The van der Waals surface area contributed by atoms with Gasteiger partial charge in [0.15, 0.2) is 0 Å². The van der Waals surface area contributed by atoms with Crippen LogP contribution in [0.1, 0.15) is 64.0 Å². The van der Waals surface area contributed by atoms with Crippen LogP contribution in [-0.2, 0) is 4.79 Å². The molecule has 1 heterocycles. The average molecular weight is 285 g/mol. The van der Waals surface area contributed by atoms with Crippen molar-refractivity contribution >= 4 is 5.78 Å². The second-order valence-electron chi connectivity index (χ2n) is 6.90. The number of fused-ring (bicyclic) bond motifs is 1. The molecule has 1 aliphatic carbocycles. The lowest BCUT2D eigenvalue weighted by atomic mass is 9.63. The molecule has 1 aromatic rings. The van der Waals surface area contributed by atoms with Crippen molar-refractivity contribution in [2.45, 2.75) is 64.5 Å². The first kappa shape index (κ1) is 14.8. The largest absolute Gasteiger partial charge is 0.300 e. The number of piperidine rings is 1. The van der Waals surface area contributed by atoms with E-state index in [0.717, 1.165) is 25.8 Å². The summed E-state index contributed by atoms with van der Waals surface area (Å²) in [6.45, 7) is 5.76. The number of carbonyl (C=O) groups excluding carboxylic acids is 1. The number of nitrogens with zero attached hydrogens (tertiary/aromatic N) is 1. The standard InChI is InChI=1S/C19H27NO/c1-3-19-11-7-13-20(18(19)14-17(21)10-12-19)15(2)16-8-5-4-6-9-16/h4-6,8-9,15,18H,3,7,10-14H2,1-2H3/t15-,18+,19-/m0/s1. The normalized spacial score (nSPS) is 31.7. The van der Waals surface area contributed by atoms with E-state index in [2.05, 4.69) is 49.1 Å². The summed E-state index contributed by atoms with van der Waals surface area (Å²) in [5, 5.41) is 0. The van der Waals surface area contributed by atoms with Gasteiger partial charge in [0, 0.05) is 24.9 Å². The van der Waals surface area contributed by atoms with Crippen LogP contribution in [0.4, 0.5) is 0 Å². The van der Waals surface area contributed by atoms with E-state index >= 15 is 0 Å². The third-order valence-electron chi connectivity index (χ3n) is 6.00. The Morgan fingerprint density at radius 1 is 1.29 bits per heavy atom. The van der Waals surface area contributed by atoms with E-state index in [0.29, 0.717) is 23.3 Å². The minimum atomic E-state index is 0.384. The number of hydrogen-bond acceptors (Lipinski definition) is 2. The highest BCUT2D eigenvalue weighted by atomic mass is 16.1. The summed E-state index contributed by atoms with van der Waals surface area (Å²) < 4.78 is 0. The van der Waals surface area contributed by atoms with Crippen LogP contribution in [0.3, 0.4) is 0 Å². The zero-order chi connectivity index (χ0) is 14.9. The Labute approximate surface area is 128 Å². The molecule has 1 saturated carbocycles. The van der Waals surface area contributed by atoms with E-state index in [1.165, 1.54) is 24.8 Å². The monoisotopic (exact) mass is 285 g/mol. The third kappa shape index (κ3) is 2.66. The molecule has 0 bridgehead atoms. The van der Waals surface area contributed by atoms with E-state index in [-0.39, 0.29) is 0 Å². The van der Waals surface area contributed by atoms with E-state index in [9.17, 15) is 4.79 Å². The summed E-state index contributed by atoms with van der Waals surface area (Å²) in [6.07, 6.45) is 6.46. The molecular weight excluding hydrogens is 258 g/mol. The van der Waals surface area contributed by atoms with Gasteiger partial charge < -0.3 is 0 Å². The predicted molar refractivity (Wildman–Crippen MR) is 86.2 cm³/mol. The molecule has 0 unspecified atom stereocenters. The molecule has 1 aromatic carbocycles. The third-order valence-corrected chi connectivity index (χ3v) is 6.00. The zero-order valence-corrected chi connectivity index (χ0v) is 13.3. The molecule has 0 radical (unpaired) electrons. The van der Waals surface area contributed by atoms with E-state index in [1.54, 1.807) is 0 Å². The molecule has 0 spiro atoms. The molecule has 114 valence electrons. The van der Waals surface area contributed by atoms with Gasteiger partial charge in [0.2, 0.25) is 0 Å². The average Bonchev–Trinajstić information content (AvgIpc) is 2.54. The second-order valence-corrected chi connectivity index (χ2v) is 6.90. The van der Waals surface area contributed by atoms with Crippen LogP contribution in [0.2, 0.25) is 0 Å². The lowest BCUT2D eigenvalue weighted by Gasteiger charge is -2.54. The molecule has 0 aromatic heterocycles. The fraction of sp³-hybridized carbons (Fsp3) is 0.632. The van der Waals surface area contributed by atoms with Gasteiger partial charge in [0.25, 0.3) is 0 Å². The Morgan fingerprint density at radius 2 is 2.05 bits per heavy atom. The Bertz CT molecular complexity index is 498. The van der Waals surface area contributed by atoms with Crippen LogP contribution in [-0.4, -0.2) is 23.3 Å². The van der Waals surface area contributed by atoms with Crippen molar-refractivity contribution in [3.8, 4) is 0 Å². The van der Waals surface area contributed by atoms with Crippen LogP contribution in [0.5, 0.6) is 0 Å². The van der Waals surface area contributed by atoms with Crippen molar-refractivity contribution in [2.75, 3.05) is 6.54 Å². The molecule has 1 aliphatic heterocycles.